The number of hydrogen-bond acceptors (Lipinski definition) is 3. The van der Waals surface area contributed by atoms with Crippen molar-refractivity contribution in [1.82, 2.24) is 15.1 Å². The van der Waals surface area contributed by atoms with E-state index in [1.54, 1.807) is 0 Å². The Labute approximate surface area is 193 Å². The van der Waals surface area contributed by atoms with Crippen molar-refractivity contribution in [2.75, 3.05) is 0 Å². The summed E-state index contributed by atoms with van der Waals surface area (Å²) >= 11 is 0. The number of hydrogen-bond donors (Lipinski definition) is 2. The molecule has 186 valence electrons. The third kappa shape index (κ3) is 5.78. The lowest BCUT2D eigenvalue weighted by Crippen LogP contribution is -2.27. The lowest BCUT2D eigenvalue weighted by Gasteiger charge is -2.12. The van der Waals surface area contributed by atoms with Gasteiger partial charge in [0.15, 0.2) is 5.69 Å². The quantitative estimate of drug-likeness (QED) is 0.473. The smallest absolute Gasteiger partial charge is 0.433 e. The number of aromatic carboxylic acids is 1. The number of alkyl halides is 6. The average molecular weight is 503 g/mol. The van der Waals surface area contributed by atoms with Gasteiger partial charge in [-0.05, 0) is 29.8 Å². The molecule has 0 aliphatic heterocycles. The zero-order chi connectivity index (χ0) is 26.1. The largest absolute Gasteiger partial charge is 0.478 e. The van der Waals surface area contributed by atoms with Crippen molar-refractivity contribution in [2.45, 2.75) is 25.3 Å². The molecule has 2 aromatic carbocycles. The van der Waals surface area contributed by atoms with Crippen LogP contribution >= 0.6 is 0 Å². The third-order valence-corrected chi connectivity index (χ3v) is 5.01. The SMILES string of the molecule is Cn1nc(Cc2ccc(C(F)(F)F)cc2)c(C(=O)NCc2ccc(C(=O)O)cc2F)c1C(F)(F)F. The summed E-state index contributed by atoms with van der Waals surface area (Å²) in [6.45, 7) is -0.559. The Morgan fingerprint density at radius 1 is 1.00 bits per heavy atom. The van der Waals surface area contributed by atoms with E-state index in [2.05, 4.69) is 10.4 Å². The molecular weight excluding hydrogens is 487 g/mol. The summed E-state index contributed by atoms with van der Waals surface area (Å²) in [7, 11) is 0.958. The Morgan fingerprint density at radius 3 is 2.14 bits per heavy atom. The van der Waals surface area contributed by atoms with E-state index in [1.165, 1.54) is 0 Å². The number of rotatable bonds is 6. The van der Waals surface area contributed by atoms with Gasteiger partial charge in [-0.1, -0.05) is 18.2 Å². The first-order valence-electron chi connectivity index (χ1n) is 9.77. The summed E-state index contributed by atoms with van der Waals surface area (Å²) in [5.41, 5.74) is -3.91. The number of aromatic nitrogens is 2. The highest BCUT2D eigenvalue weighted by Gasteiger charge is 2.41. The first-order valence-corrected chi connectivity index (χ1v) is 9.77. The molecule has 0 saturated heterocycles. The van der Waals surface area contributed by atoms with E-state index in [4.69, 9.17) is 5.11 Å². The minimum atomic E-state index is -5.00. The molecule has 0 unspecified atom stereocenters. The Kier molecular flexibility index (Phi) is 6.90. The minimum absolute atomic E-state index is 0.175. The van der Waals surface area contributed by atoms with Crippen molar-refractivity contribution in [3.8, 4) is 0 Å². The standard InChI is InChI=1S/C22H16F7N3O3/c1-32-18(22(27,28)29)17(16(31-32)8-11-2-6-14(7-3-11)21(24,25)26)19(33)30-10-13-5-4-12(20(34)35)9-15(13)23/h2-7,9H,8,10H2,1H3,(H,30,33)(H,34,35). The van der Waals surface area contributed by atoms with E-state index in [0.717, 1.165) is 43.4 Å². The number of benzene rings is 2. The average Bonchev–Trinajstić information content (AvgIpc) is 3.08. The highest BCUT2D eigenvalue weighted by atomic mass is 19.4. The number of carbonyl (C=O) groups is 2. The number of carbonyl (C=O) groups excluding carboxylic acids is 1. The molecule has 6 nitrogen and oxygen atoms in total. The van der Waals surface area contributed by atoms with E-state index in [9.17, 15) is 40.3 Å². The maximum Gasteiger partial charge on any atom is 0.433 e. The van der Waals surface area contributed by atoms with Gasteiger partial charge >= 0.3 is 18.3 Å². The van der Waals surface area contributed by atoms with Crippen LogP contribution in [0.4, 0.5) is 30.7 Å². The summed E-state index contributed by atoms with van der Waals surface area (Å²) in [6, 6.07) is 6.46. The van der Waals surface area contributed by atoms with E-state index >= 15 is 0 Å². The number of halogens is 7. The van der Waals surface area contributed by atoms with Gasteiger partial charge in [0, 0.05) is 25.6 Å². The Balaban J connectivity index is 1.91. The number of nitrogens with zero attached hydrogens (tertiary/aromatic N) is 2. The van der Waals surface area contributed by atoms with Crippen molar-refractivity contribution < 1.29 is 45.4 Å². The van der Waals surface area contributed by atoms with Crippen LogP contribution in [0.15, 0.2) is 42.5 Å². The summed E-state index contributed by atoms with van der Waals surface area (Å²) in [4.78, 5) is 23.6. The zero-order valence-corrected chi connectivity index (χ0v) is 17.8. The van der Waals surface area contributed by atoms with Crippen LogP contribution in [-0.4, -0.2) is 26.8 Å². The van der Waals surface area contributed by atoms with Crippen molar-refractivity contribution in [2.24, 2.45) is 7.05 Å². The molecular formula is C22H16F7N3O3. The van der Waals surface area contributed by atoms with Gasteiger partial charge in [0.05, 0.1) is 22.4 Å². The van der Waals surface area contributed by atoms with Crippen LogP contribution in [0.5, 0.6) is 0 Å². The van der Waals surface area contributed by atoms with Crippen LogP contribution in [0.2, 0.25) is 0 Å². The summed E-state index contributed by atoms with van der Waals surface area (Å²) in [5.74, 6) is -3.62. The molecule has 35 heavy (non-hydrogen) atoms. The van der Waals surface area contributed by atoms with Gasteiger partial charge in [-0.15, -0.1) is 0 Å². The first-order chi connectivity index (χ1) is 16.2. The second-order valence-electron chi connectivity index (χ2n) is 7.46. The molecule has 0 aliphatic carbocycles. The topological polar surface area (TPSA) is 84.2 Å². The number of aryl methyl sites for hydroxylation is 1. The number of carboxylic acid groups (broad SMARTS) is 1. The molecule has 3 rings (SSSR count). The van der Waals surface area contributed by atoms with Crippen LogP contribution < -0.4 is 5.32 Å². The van der Waals surface area contributed by atoms with Gasteiger partial charge in [-0.25, -0.2) is 9.18 Å². The molecule has 1 amide bonds. The fourth-order valence-corrected chi connectivity index (χ4v) is 3.36. The molecule has 0 fully saturated rings. The highest BCUT2D eigenvalue weighted by molar-refractivity contribution is 5.97. The van der Waals surface area contributed by atoms with E-state index in [-0.39, 0.29) is 28.8 Å². The number of amides is 1. The Hall–Kier alpha value is -3.90. The second-order valence-corrected chi connectivity index (χ2v) is 7.46. The monoisotopic (exact) mass is 503 g/mol. The Morgan fingerprint density at radius 2 is 1.63 bits per heavy atom. The maximum absolute atomic E-state index is 14.1. The summed E-state index contributed by atoms with van der Waals surface area (Å²) < 4.78 is 93.9. The molecule has 2 N–H and O–H groups in total. The van der Waals surface area contributed by atoms with E-state index in [1.807, 2.05) is 0 Å². The van der Waals surface area contributed by atoms with Crippen molar-refractivity contribution in [3.05, 3.63) is 87.5 Å². The first kappa shape index (κ1) is 25.7. The van der Waals surface area contributed by atoms with Crippen LogP contribution in [-0.2, 0) is 32.4 Å². The minimum Gasteiger partial charge on any atom is -0.478 e. The Bertz CT molecular complexity index is 1260. The molecule has 3 aromatic rings. The van der Waals surface area contributed by atoms with Crippen LogP contribution in [0, 0.1) is 5.82 Å². The lowest BCUT2D eigenvalue weighted by atomic mass is 10.0. The molecule has 1 heterocycles. The van der Waals surface area contributed by atoms with Crippen molar-refractivity contribution in [1.29, 1.82) is 0 Å². The van der Waals surface area contributed by atoms with Gasteiger partial charge in [0.25, 0.3) is 5.91 Å². The third-order valence-electron chi connectivity index (χ3n) is 5.01. The number of carboxylic acids is 1. The molecule has 0 radical (unpaired) electrons. The second kappa shape index (κ2) is 9.39. The van der Waals surface area contributed by atoms with Crippen molar-refractivity contribution in [3.63, 3.8) is 0 Å². The molecule has 0 aliphatic rings. The van der Waals surface area contributed by atoms with Gasteiger partial charge in [-0.2, -0.15) is 31.4 Å². The van der Waals surface area contributed by atoms with E-state index in [0.29, 0.717) is 10.7 Å². The normalized spacial score (nSPS) is 12.0. The van der Waals surface area contributed by atoms with Crippen molar-refractivity contribution >= 4 is 11.9 Å². The predicted molar refractivity (Wildman–Crippen MR) is 107 cm³/mol. The zero-order valence-electron chi connectivity index (χ0n) is 17.8. The molecule has 0 spiro atoms. The maximum atomic E-state index is 14.1. The molecule has 0 saturated carbocycles. The predicted octanol–water partition coefficient (Wildman–Crippen LogP) is 4.82. The van der Waals surface area contributed by atoms with Gasteiger partial charge in [0.1, 0.15) is 5.82 Å². The fourth-order valence-electron chi connectivity index (χ4n) is 3.36. The molecule has 0 atom stereocenters. The fraction of sp³-hybridized carbons (Fsp3) is 0.227. The lowest BCUT2D eigenvalue weighted by molar-refractivity contribution is -0.144. The van der Waals surface area contributed by atoms with Crippen LogP contribution in [0.25, 0.3) is 0 Å². The van der Waals surface area contributed by atoms with E-state index < -0.39 is 53.4 Å². The molecule has 13 heteroatoms. The molecule has 0 bridgehead atoms. The summed E-state index contributed by atoms with van der Waals surface area (Å²) in [6.07, 6.45) is -9.98. The van der Waals surface area contributed by atoms with Gasteiger partial charge < -0.3 is 10.4 Å². The van der Waals surface area contributed by atoms with Gasteiger partial charge in [0.2, 0.25) is 0 Å². The van der Waals surface area contributed by atoms with Gasteiger partial charge in [-0.3, -0.25) is 9.48 Å². The summed E-state index contributed by atoms with van der Waals surface area (Å²) in [5, 5.41) is 14.8. The molecule has 1 aromatic heterocycles. The van der Waals surface area contributed by atoms with Crippen LogP contribution in [0.1, 0.15) is 48.8 Å². The van der Waals surface area contributed by atoms with Crippen LogP contribution in [0.3, 0.4) is 0 Å². The highest BCUT2D eigenvalue weighted by Crippen LogP contribution is 2.34. The number of nitrogens with one attached hydrogen (secondary N) is 1.